The Bertz CT molecular complexity index is 567. The predicted molar refractivity (Wildman–Crippen MR) is 86.6 cm³/mol. The molecule has 0 spiro atoms. The van der Waals surface area contributed by atoms with Crippen LogP contribution < -0.4 is 5.32 Å². The minimum absolute atomic E-state index is 0.0102. The Morgan fingerprint density at radius 1 is 1.38 bits per heavy atom. The van der Waals surface area contributed by atoms with Gasteiger partial charge in [0, 0.05) is 30.8 Å². The summed E-state index contributed by atoms with van der Waals surface area (Å²) in [7, 11) is 1.99. The van der Waals surface area contributed by atoms with Gasteiger partial charge in [-0.2, -0.15) is 0 Å². The van der Waals surface area contributed by atoms with Crippen molar-refractivity contribution in [2.45, 2.75) is 58.5 Å². The topological polar surface area (TPSA) is 55.6 Å². The van der Waals surface area contributed by atoms with Gasteiger partial charge < -0.3 is 9.88 Å². The fourth-order valence-corrected chi connectivity index (χ4v) is 3.40. The van der Waals surface area contributed by atoms with Crippen molar-refractivity contribution >= 4 is 11.5 Å². The van der Waals surface area contributed by atoms with Crippen molar-refractivity contribution in [3.05, 3.63) is 28.8 Å². The van der Waals surface area contributed by atoms with E-state index in [1.165, 1.54) is 16.4 Å². The number of imidazole rings is 1. The summed E-state index contributed by atoms with van der Waals surface area (Å²) in [4.78, 5) is 5.73. The maximum atomic E-state index is 4.51. The number of nitrogens with zero attached hydrogens (tertiary/aromatic N) is 4. The van der Waals surface area contributed by atoms with Crippen molar-refractivity contribution in [1.29, 1.82) is 0 Å². The van der Waals surface area contributed by atoms with E-state index in [4.69, 9.17) is 0 Å². The van der Waals surface area contributed by atoms with Crippen molar-refractivity contribution in [3.63, 3.8) is 0 Å². The highest BCUT2D eigenvalue weighted by atomic mass is 32.1. The Morgan fingerprint density at radius 3 is 2.76 bits per heavy atom. The van der Waals surface area contributed by atoms with E-state index in [0.29, 0.717) is 0 Å². The van der Waals surface area contributed by atoms with Crippen molar-refractivity contribution < 1.29 is 0 Å². The molecule has 0 aliphatic rings. The lowest BCUT2D eigenvalue weighted by atomic mass is 9.89. The van der Waals surface area contributed by atoms with Crippen LogP contribution >= 0.6 is 11.5 Å². The van der Waals surface area contributed by atoms with Gasteiger partial charge in [0.25, 0.3) is 0 Å². The first-order chi connectivity index (χ1) is 9.97. The molecule has 0 radical (unpaired) electrons. The second-order valence-electron chi connectivity index (χ2n) is 6.32. The highest BCUT2D eigenvalue weighted by Crippen LogP contribution is 2.31. The first-order valence-electron chi connectivity index (χ1n) is 7.47. The number of rotatable bonds is 6. The van der Waals surface area contributed by atoms with E-state index in [0.717, 1.165) is 30.9 Å². The summed E-state index contributed by atoms with van der Waals surface area (Å²) in [5.41, 5.74) is 1.09. The van der Waals surface area contributed by atoms with Gasteiger partial charge >= 0.3 is 0 Å². The summed E-state index contributed by atoms with van der Waals surface area (Å²) in [5, 5.41) is 7.75. The SMILES string of the molecule is CCCn1ccnc1CC(NC)c1snnc1C(C)(C)C. The average Bonchev–Trinajstić information content (AvgIpc) is 3.04. The normalized spacial score (nSPS) is 13.6. The molecule has 0 aromatic carbocycles. The lowest BCUT2D eigenvalue weighted by Crippen LogP contribution is -2.24. The molecule has 0 fully saturated rings. The molecule has 0 bridgehead atoms. The van der Waals surface area contributed by atoms with E-state index in [1.807, 2.05) is 13.2 Å². The summed E-state index contributed by atoms with van der Waals surface area (Å²) < 4.78 is 6.40. The first-order valence-corrected chi connectivity index (χ1v) is 8.24. The summed E-state index contributed by atoms with van der Waals surface area (Å²) in [6, 6.07) is 0.206. The molecule has 0 aliphatic heterocycles. The number of nitrogens with one attached hydrogen (secondary N) is 1. The maximum absolute atomic E-state index is 4.51. The number of hydrogen-bond donors (Lipinski definition) is 1. The van der Waals surface area contributed by atoms with Gasteiger partial charge in [-0.3, -0.25) is 0 Å². The Morgan fingerprint density at radius 2 is 2.14 bits per heavy atom. The van der Waals surface area contributed by atoms with Crippen LogP contribution in [-0.2, 0) is 18.4 Å². The molecule has 0 saturated carbocycles. The highest BCUT2D eigenvalue weighted by Gasteiger charge is 2.27. The van der Waals surface area contributed by atoms with Crippen LogP contribution in [0.5, 0.6) is 0 Å². The van der Waals surface area contributed by atoms with E-state index in [-0.39, 0.29) is 11.5 Å². The standard InChI is InChI=1S/C15H25N5S/c1-6-8-20-9-7-17-12(20)10-11(16-5)13-14(15(2,3)4)18-19-21-13/h7,9,11,16H,6,8,10H2,1-5H3. The molecule has 2 aromatic heterocycles. The zero-order valence-corrected chi connectivity index (χ0v) is 14.4. The average molecular weight is 307 g/mol. The minimum atomic E-state index is 0.0102. The van der Waals surface area contributed by atoms with Crippen LogP contribution in [0, 0.1) is 0 Å². The van der Waals surface area contributed by atoms with Crippen molar-refractivity contribution in [3.8, 4) is 0 Å². The molecule has 1 atom stereocenters. The zero-order valence-electron chi connectivity index (χ0n) is 13.6. The quantitative estimate of drug-likeness (QED) is 0.891. The predicted octanol–water partition coefficient (Wildman–Crippen LogP) is 2.95. The molecule has 0 saturated heterocycles. The molecule has 5 nitrogen and oxygen atoms in total. The van der Waals surface area contributed by atoms with Crippen LogP contribution in [0.25, 0.3) is 0 Å². The highest BCUT2D eigenvalue weighted by molar-refractivity contribution is 7.05. The molecule has 1 unspecified atom stereocenters. The molecule has 1 N–H and O–H groups in total. The number of aryl methyl sites for hydroxylation is 1. The minimum Gasteiger partial charge on any atom is -0.335 e. The molecular formula is C15H25N5S. The molecule has 21 heavy (non-hydrogen) atoms. The summed E-state index contributed by atoms with van der Waals surface area (Å²) >= 11 is 1.49. The van der Waals surface area contributed by atoms with Crippen molar-refractivity contribution in [1.82, 2.24) is 24.5 Å². The molecular weight excluding hydrogens is 282 g/mol. The fourth-order valence-electron chi connectivity index (χ4n) is 2.43. The van der Waals surface area contributed by atoms with Crippen molar-refractivity contribution in [2.75, 3.05) is 7.05 Å². The Labute approximate surface area is 131 Å². The summed E-state index contributed by atoms with van der Waals surface area (Å²) in [6.07, 6.45) is 5.91. The number of aromatic nitrogens is 4. The van der Waals surface area contributed by atoms with Gasteiger partial charge in [0.05, 0.1) is 16.6 Å². The van der Waals surface area contributed by atoms with Gasteiger partial charge in [-0.15, -0.1) is 5.10 Å². The van der Waals surface area contributed by atoms with Gasteiger partial charge in [0.2, 0.25) is 0 Å². The second kappa shape index (κ2) is 6.66. The largest absolute Gasteiger partial charge is 0.335 e. The van der Waals surface area contributed by atoms with Crippen LogP contribution in [0.4, 0.5) is 0 Å². The van der Waals surface area contributed by atoms with Crippen LogP contribution in [0.2, 0.25) is 0 Å². The number of hydrogen-bond acceptors (Lipinski definition) is 5. The fraction of sp³-hybridized carbons (Fsp3) is 0.667. The van der Waals surface area contributed by atoms with Crippen LogP contribution in [0.15, 0.2) is 12.4 Å². The van der Waals surface area contributed by atoms with Crippen LogP contribution in [0.1, 0.15) is 56.6 Å². The van der Waals surface area contributed by atoms with Crippen LogP contribution in [0.3, 0.4) is 0 Å². The third kappa shape index (κ3) is 3.68. The summed E-state index contributed by atoms with van der Waals surface area (Å²) in [5.74, 6) is 1.12. The summed E-state index contributed by atoms with van der Waals surface area (Å²) in [6.45, 7) is 9.73. The molecule has 2 rings (SSSR count). The van der Waals surface area contributed by atoms with Crippen LogP contribution in [-0.4, -0.2) is 26.2 Å². The number of likely N-dealkylation sites (N-methyl/N-ethyl adjacent to an activating group) is 1. The third-order valence-corrected chi connectivity index (χ3v) is 4.38. The van der Waals surface area contributed by atoms with E-state index in [9.17, 15) is 0 Å². The molecule has 0 amide bonds. The third-order valence-electron chi connectivity index (χ3n) is 3.54. The lowest BCUT2D eigenvalue weighted by molar-refractivity contribution is 0.514. The van der Waals surface area contributed by atoms with Crippen molar-refractivity contribution in [2.24, 2.45) is 0 Å². The van der Waals surface area contributed by atoms with E-state index in [2.05, 4.69) is 58.3 Å². The van der Waals surface area contributed by atoms with E-state index >= 15 is 0 Å². The first kappa shape index (κ1) is 16.1. The van der Waals surface area contributed by atoms with Gasteiger partial charge in [-0.25, -0.2) is 4.98 Å². The molecule has 0 aliphatic carbocycles. The Balaban J connectivity index is 2.25. The smallest absolute Gasteiger partial charge is 0.110 e. The Hall–Kier alpha value is -1.27. The zero-order chi connectivity index (χ0) is 15.5. The van der Waals surface area contributed by atoms with Gasteiger partial charge in [0.15, 0.2) is 0 Å². The Kier molecular flexibility index (Phi) is 5.11. The maximum Gasteiger partial charge on any atom is 0.110 e. The molecule has 6 heteroatoms. The monoisotopic (exact) mass is 307 g/mol. The molecule has 2 heterocycles. The van der Waals surface area contributed by atoms with E-state index < -0.39 is 0 Å². The molecule has 2 aromatic rings. The van der Waals surface area contributed by atoms with Gasteiger partial charge in [-0.1, -0.05) is 32.2 Å². The molecule has 116 valence electrons. The second-order valence-corrected chi connectivity index (χ2v) is 7.10. The van der Waals surface area contributed by atoms with E-state index in [1.54, 1.807) is 0 Å². The van der Waals surface area contributed by atoms with Gasteiger partial charge in [0.1, 0.15) is 5.82 Å². The lowest BCUT2D eigenvalue weighted by Gasteiger charge is -2.21. The van der Waals surface area contributed by atoms with Gasteiger partial charge in [-0.05, 0) is 25.0 Å².